The van der Waals surface area contributed by atoms with Gasteiger partial charge in [-0.2, -0.15) is 0 Å². The molecule has 0 radical (unpaired) electrons. The van der Waals surface area contributed by atoms with Crippen LogP contribution in [0.3, 0.4) is 0 Å². The Morgan fingerprint density at radius 2 is 1.62 bits per heavy atom. The summed E-state index contributed by atoms with van der Waals surface area (Å²) in [5, 5.41) is 9.43. The lowest BCUT2D eigenvalue weighted by Crippen LogP contribution is -2.48. The molecular weight excluding hydrogens is 344 g/mol. The van der Waals surface area contributed by atoms with E-state index >= 15 is 0 Å². The second-order valence-corrected chi connectivity index (χ2v) is 8.41. The first-order valence-electron chi connectivity index (χ1n) is 9.65. The summed E-state index contributed by atoms with van der Waals surface area (Å²) in [7, 11) is 0. The number of benzene rings is 1. The molecule has 2 aromatic rings. The van der Waals surface area contributed by atoms with E-state index < -0.39 is 0 Å². The zero-order valence-corrected chi connectivity index (χ0v) is 15.9. The number of phenolic OH excluding ortho intramolecular Hbond substituents is 1. The molecule has 0 unspecified atom stereocenters. The lowest BCUT2D eigenvalue weighted by molar-refractivity contribution is 0.0751. The van der Waals surface area contributed by atoms with Crippen molar-refractivity contribution in [3.8, 4) is 5.75 Å². The van der Waals surface area contributed by atoms with Crippen molar-refractivity contribution in [3.05, 3.63) is 45.6 Å². The quantitative estimate of drug-likeness (QED) is 0.866. The maximum absolute atomic E-state index is 13.0. The summed E-state index contributed by atoms with van der Waals surface area (Å²) in [6.07, 6.45) is 7.42. The summed E-state index contributed by atoms with van der Waals surface area (Å²) in [4.78, 5) is 19.6. The zero-order chi connectivity index (χ0) is 17.9. The van der Waals surface area contributed by atoms with E-state index in [-0.39, 0.29) is 11.7 Å². The van der Waals surface area contributed by atoms with Crippen LogP contribution in [0, 0.1) is 0 Å². The second kappa shape index (κ2) is 7.70. The Labute approximate surface area is 159 Å². The van der Waals surface area contributed by atoms with Gasteiger partial charge in [0.25, 0.3) is 5.91 Å². The van der Waals surface area contributed by atoms with E-state index in [0.29, 0.717) is 0 Å². The number of carbonyl (C=O) groups is 1. The summed E-state index contributed by atoms with van der Waals surface area (Å²) in [6, 6.07) is 9.47. The van der Waals surface area contributed by atoms with Crippen molar-refractivity contribution in [3.63, 3.8) is 0 Å². The van der Waals surface area contributed by atoms with E-state index in [9.17, 15) is 9.90 Å². The van der Waals surface area contributed by atoms with Gasteiger partial charge in [0, 0.05) is 36.7 Å². The van der Waals surface area contributed by atoms with Crippen LogP contribution in [-0.4, -0.2) is 42.1 Å². The van der Waals surface area contributed by atoms with E-state index in [1.165, 1.54) is 36.1 Å². The molecule has 1 N–H and O–H groups in total. The molecule has 0 atom stereocenters. The Balaban J connectivity index is 1.40. The van der Waals surface area contributed by atoms with Gasteiger partial charge < -0.3 is 14.9 Å². The van der Waals surface area contributed by atoms with Gasteiger partial charge in [-0.1, -0.05) is 12.8 Å². The number of thiophene rings is 1. The molecule has 0 bridgehead atoms. The number of nitrogens with zero attached hydrogens (tertiary/aromatic N) is 2. The molecule has 1 saturated heterocycles. The van der Waals surface area contributed by atoms with Gasteiger partial charge in [0.15, 0.2) is 0 Å². The molecule has 1 amide bonds. The van der Waals surface area contributed by atoms with Crippen LogP contribution in [0.1, 0.15) is 45.8 Å². The molecule has 1 aromatic carbocycles. The standard InChI is InChI=1S/C21H26N2O2S/c24-18-9-7-17(8-10-18)22-11-13-23(14-12-22)21(25)20-15-16-5-3-1-2-4-6-19(16)26-20/h7-10,15,24H,1-6,11-14H2. The third kappa shape index (κ3) is 3.73. The number of hydrogen-bond acceptors (Lipinski definition) is 4. The Morgan fingerprint density at radius 1 is 0.923 bits per heavy atom. The fraction of sp³-hybridized carbons (Fsp3) is 0.476. The smallest absolute Gasteiger partial charge is 0.264 e. The SMILES string of the molecule is O=C(c1cc2c(s1)CCCCCC2)N1CCN(c2ccc(O)cc2)CC1. The van der Waals surface area contributed by atoms with Gasteiger partial charge in [0.1, 0.15) is 5.75 Å². The number of amides is 1. The van der Waals surface area contributed by atoms with Gasteiger partial charge in [0.2, 0.25) is 0 Å². The van der Waals surface area contributed by atoms with Crippen molar-refractivity contribution >= 4 is 22.9 Å². The van der Waals surface area contributed by atoms with Gasteiger partial charge in [-0.25, -0.2) is 0 Å². The van der Waals surface area contributed by atoms with Crippen LogP contribution < -0.4 is 4.90 Å². The van der Waals surface area contributed by atoms with Gasteiger partial charge in [-0.15, -0.1) is 11.3 Å². The average Bonchev–Trinajstić information content (AvgIpc) is 3.04. The molecule has 0 spiro atoms. The summed E-state index contributed by atoms with van der Waals surface area (Å²) < 4.78 is 0. The number of phenols is 1. The average molecular weight is 371 g/mol. The van der Waals surface area contributed by atoms with Crippen molar-refractivity contribution in [1.29, 1.82) is 0 Å². The van der Waals surface area contributed by atoms with E-state index in [0.717, 1.165) is 49.6 Å². The second-order valence-electron chi connectivity index (χ2n) is 7.27. The Bertz CT molecular complexity index is 735. The maximum Gasteiger partial charge on any atom is 0.264 e. The van der Waals surface area contributed by atoms with Crippen molar-refractivity contribution in [2.75, 3.05) is 31.1 Å². The number of fused-ring (bicyclic) bond motifs is 1. The van der Waals surface area contributed by atoms with E-state index in [2.05, 4.69) is 11.0 Å². The number of aromatic hydroxyl groups is 1. The van der Waals surface area contributed by atoms with Crippen LogP contribution in [0.25, 0.3) is 0 Å². The van der Waals surface area contributed by atoms with E-state index in [4.69, 9.17) is 0 Å². The highest BCUT2D eigenvalue weighted by molar-refractivity contribution is 7.14. The first-order valence-corrected chi connectivity index (χ1v) is 10.5. The molecule has 1 aromatic heterocycles. The molecule has 2 heterocycles. The fourth-order valence-corrected chi connectivity index (χ4v) is 5.16. The highest BCUT2D eigenvalue weighted by Crippen LogP contribution is 2.29. The van der Waals surface area contributed by atoms with Crippen LogP contribution >= 0.6 is 11.3 Å². The van der Waals surface area contributed by atoms with Gasteiger partial charge in [0.05, 0.1) is 4.88 Å². The first kappa shape index (κ1) is 17.4. The van der Waals surface area contributed by atoms with Gasteiger partial charge in [-0.05, 0) is 61.6 Å². The van der Waals surface area contributed by atoms with E-state index in [1.54, 1.807) is 23.5 Å². The van der Waals surface area contributed by atoms with Gasteiger partial charge >= 0.3 is 0 Å². The predicted octanol–water partition coefficient (Wildman–Crippen LogP) is 4.08. The van der Waals surface area contributed by atoms with Crippen LogP contribution in [0.2, 0.25) is 0 Å². The largest absolute Gasteiger partial charge is 0.508 e. The highest BCUT2D eigenvalue weighted by Gasteiger charge is 2.24. The fourth-order valence-electron chi connectivity index (χ4n) is 3.94. The minimum absolute atomic E-state index is 0.201. The molecule has 1 aliphatic carbocycles. The minimum Gasteiger partial charge on any atom is -0.508 e. The third-order valence-electron chi connectivity index (χ3n) is 5.49. The summed E-state index contributed by atoms with van der Waals surface area (Å²) >= 11 is 1.73. The number of aryl methyl sites for hydroxylation is 2. The van der Waals surface area contributed by atoms with Crippen LogP contribution in [0.5, 0.6) is 5.75 Å². The summed E-state index contributed by atoms with van der Waals surface area (Å²) in [6.45, 7) is 3.17. The number of piperazine rings is 1. The lowest BCUT2D eigenvalue weighted by atomic mass is 10.00. The molecule has 4 nitrogen and oxygen atoms in total. The molecule has 2 aliphatic rings. The Hall–Kier alpha value is -2.01. The Morgan fingerprint density at radius 3 is 2.35 bits per heavy atom. The molecule has 26 heavy (non-hydrogen) atoms. The topological polar surface area (TPSA) is 43.8 Å². The van der Waals surface area contributed by atoms with E-state index in [1.807, 2.05) is 17.0 Å². The van der Waals surface area contributed by atoms with Crippen molar-refractivity contribution in [1.82, 2.24) is 4.90 Å². The number of rotatable bonds is 2. The number of anilines is 1. The zero-order valence-electron chi connectivity index (χ0n) is 15.1. The monoisotopic (exact) mass is 370 g/mol. The Kier molecular flexibility index (Phi) is 5.16. The van der Waals surface area contributed by atoms with Crippen LogP contribution in [-0.2, 0) is 12.8 Å². The number of carbonyl (C=O) groups excluding carboxylic acids is 1. The first-order chi connectivity index (χ1) is 12.7. The highest BCUT2D eigenvalue weighted by atomic mass is 32.1. The van der Waals surface area contributed by atoms with Crippen LogP contribution in [0.15, 0.2) is 30.3 Å². The van der Waals surface area contributed by atoms with Crippen molar-refractivity contribution in [2.45, 2.75) is 38.5 Å². The summed E-state index contributed by atoms with van der Waals surface area (Å²) in [5.74, 6) is 0.489. The van der Waals surface area contributed by atoms with Crippen LogP contribution in [0.4, 0.5) is 5.69 Å². The summed E-state index contributed by atoms with van der Waals surface area (Å²) in [5.41, 5.74) is 2.52. The molecular formula is C21H26N2O2S. The molecule has 5 heteroatoms. The predicted molar refractivity (Wildman–Crippen MR) is 106 cm³/mol. The minimum atomic E-state index is 0.201. The lowest BCUT2D eigenvalue weighted by Gasteiger charge is -2.36. The van der Waals surface area contributed by atoms with Crippen molar-refractivity contribution in [2.24, 2.45) is 0 Å². The molecule has 1 aliphatic heterocycles. The number of hydrogen-bond donors (Lipinski definition) is 1. The normalized spacial score (nSPS) is 18.2. The molecule has 4 rings (SSSR count). The molecule has 138 valence electrons. The maximum atomic E-state index is 13.0. The third-order valence-corrected chi connectivity index (χ3v) is 6.71. The molecule has 0 saturated carbocycles. The molecule has 1 fully saturated rings. The van der Waals surface area contributed by atoms with Gasteiger partial charge in [-0.3, -0.25) is 4.79 Å². The van der Waals surface area contributed by atoms with Crippen molar-refractivity contribution < 1.29 is 9.90 Å².